The van der Waals surface area contributed by atoms with E-state index in [1.54, 1.807) is 19.2 Å². The van der Waals surface area contributed by atoms with E-state index in [0.717, 1.165) is 33.9 Å². The van der Waals surface area contributed by atoms with Crippen molar-refractivity contribution in [2.24, 2.45) is 23.7 Å². The van der Waals surface area contributed by atoms with Crippen LogP contribution in [0.25, 0.3) is 16.5 Å². The Hall–Kier alpha value is 0.190. The molecule has 148 valence electrons. The van der Waals surface area contributed by atoms with Gasteiger partial charge in [0.25, 0.3) is 0 Å². The molecule has 0 N–H and O–H groups in total. The molecule has 4 saturated carbocycles. The Labute approximate surface area is 221 Å². The monoisotopic (exact) mass is 444 g/mol. The van der Waals surface area contributed by atoms with Gasteiger partial charge in [-0.05, 0) is 90.3 Å². The van der Waals surface area contributed by atoms with E-state index in [9.17, 15) is 14.4 Å². The van der Waals surface area contributed by atoms with Crippen molar-refractivity contribution in [1.82, 2.24) is 0 Å². The van der Waals surface area contributed by atoms with Crippen molar-refractivity contribution in [2.75, 3.05) is 7.11 Å². The largest absolute Gasteiger partial charge is 1.00 e. The molecule has 0 amide bonds. The first-order valence-electron chi connectivity index (χ1n) is 9.93. The smallest absolute Gasteiger partial charge is 0.780 e. The summed E-state index contributed by atoms with van der Waals surface area (Å²) >= 11 is 0. The van der Waals surface area contributed by atoms with Gasteiger partial charge in [-0.15, -0.1) is 0 Å². The summed E-state index contributed by atoms with van der Waals surface area (Å²) in [6.45, 7) is 0. The third-order valence-electron chi connectivity index (χ3n) is 6.78. The van der Waals surface area contributed by atoms with Gasteiger partial charge in [0.1, 0.15) is 19.3 Å². The molecule has 2 aromatic rings. The van der Waals surface area contributed by atoms with E-state index in [2.05, 4.69) is 10.6 Å². The third-order valence-corrected chi connectivity index (χ3v) is 7.21. The van der Waals surface area contributed by atoms with E-state index < -0.39 is 7.82 Å². The molecule has 0 saturated heterocycles. The van der Waals surface area contributed by atoms with Crippen molar-refractivity contribution < 1.29 is 82.7 Å². The molecule has 4 aliphatic rings. The quantitative estimate of drug-likeness (QED) is 0.306. The van der Waals surface area contributed by atoms with Gasteiger partial charge >= 0.3 is 59.1 Å². The molecule has 0 radical (unpaired) electrons. The normalized spacial score (nSPS) is 26.7. The van der Waals surface area contributed by atoms with Gasteiger partial charge in [-0.3, -0.25) is 0 Å². The van der Waals surface area contributed by atoms with Crippen molar-refractivity contribution in [3.8, 4) is 5.75 Å². The maximum absolute atomic E-state index is 10.9. The average molecular weight is 444 g/mol. The topological polar surface area (TPSA) is 81.7 Å². The first-order valence-corrected chi connectivity index (χ1v) is 11.4. The van der Waals surface area contributed by atoms with Crippen LogP contribution in [0.2, 0.25) is 0 Å². The van der Waals surface area contributed by atoms with Gasteiger partial charge in [0.15, 0.2) is 0 Å². The van der Waals surface area contributed by atoms with E-state index in [-0.39, 0.29) is 64.9 Å². The van der Waals surface area contributed by atoms with Crippen LogP contribution in [0.15, 0.2) is 42.0 Å². The number of methoxy groups -OCH3 is 1. The van der Waals surface area contributed by atoms with Crippen LogP contribution in [0, 0.1) is 23.7 Å². The molecule has 0 unspecified atom stereocenters. The number of ether oxygens (including phenoxy) is 1. The molecule has 0 atom stereocenters. The second kappa shape index (κ2) is 9.59. The van der Waals surface area contributed by atoms with E-state index >= 15 is 0 Å². The first-order chi connectivity index (χ1) is 13.4. The zero-order valence-corrected chi connectivity index (χ0v) is 22.7. The number of phosphoric acid groups is 1. The molecule has 0 aromatic heterocycles. The fourth-order valence-electron chi connectivity index (χ4n) is 6.02. The molecule has 0 aliphatic heterocycles. The van der Waals surface area contributed by atoms with Crippen molar-refractivity contribution in [3.63, 3.8) is 0 Å². The summed E-state index contributed by atoms with van der Waals surface area (Å²) in [5, 5.41) is 1.77. The Morgan fingerprint density at radius 2 is 1.50 bits per heavy atom. The van der Waals surface area contributed by atoms with Gasteiger partial charge in [-0.1, -0.05) is 18.2 Å². The summed E-state index contributed by atoms with van der Waals surface area (Å²) in [4.78, 5) is 21.9. The van der Waals surface area contributed by atoms with Gasteiger partial charge in [0.05, 0.1) is 7.11 Å². The maximum Gasteiger partial charge on any atom is 1.00 e. The minimum Gasteiger partial charge on any atom is -0.780 e. The number of rotatable bonds is 4. The van der Waals surface area contributed by atoms with E-state index in [0.29, 0.717) is 11.8 Å². The van der Waals surface area contributed by atoms with Gasteiger partial charge in [-0.2, -0.15) is 0 Å². The Kier molecular flexibility index (Phi) is 7.93. The third kappa shape index (κ3) is 4.90. The number of benzene rings is 2. The predicted molar refractivity (Wildman–Crippen MR) is 103 cm³/mol. The van der Waals surface area contributed by atoms with Crippen molar-refractivity contribution in [1.29, 1.82) is 0 Å². The number of phosphoric ester groups is 1. The number of allylic oxidation sites excluding steroid dienone is 1. The molecule has 30 heavy (non-hydrogen) atoms. The number of hydrogen-bond acceptors (Lipinski definition) is 5. The van der Waals surface area contributed by atoms with Crippen LogP contribution >= 0.6 is 7.82 Å². The van der Waals surface area contributed by atoms with Gasteiger partial charge < -0.3 is 23.6 Å². The summed E-state index contributed by atoms with van der Waals surface area (Å²) in [5.74, 6) is 4.04. The van der Waals surface area contributed by atoms with Crippen LogP contribution in [0.4, 0.5) is 0 Å². The Bertz CT molecular complexity index is 986. The summed E-state index contributed by atoms with van der Waals surface area (Å²) in [5.41, 5.74) is 2.48. The van der Waals surface area contributed by atoms with Crippen molar-refractivity contribution in [3.05, 3.63) is 47.5 Å². The van der Waals surface area contributed by atoms with E-state index in [1.807, 2.05) is 12.1 Å². The van der Waals surface area contributed by atoms with Crippen LogP contribution in [0.3, 0.4) is 0 Å². The standard InChI is InChI=1S/C22H25O5P.2Na/c1-26-22(21-18-7-13-6-14(9-18)10-19(21)8-13)16-3-2-15-4-5-20(12-17(15)11-16)27-28(23,24)25;;/h2-5,11-14,18-19H,6-10H2,1H3,(H2,23,24,25);;/q;2*+1/p-2. The molecule has 2 aromatic carbocycles. The summed E-state index contributed by atoms with van der Waals surface area (Å²) < 4.78 is 21.4. The van der Waals surface area contributed by atoms with Gasteiger partial charge in [0, 0.05) is 5.56 Å². The van der Waals surface area contributed by atoms with Crippen molar-refractivity contribution >= 4 is 24.4 Å². The second-order valence-corrected chi connectivity index (χ2v) is 9.63. The summed E-state index contributed by atoms with van der Waals surface area (Å²) in [6, 6.07) is 10.9. The van der Waals surface area contributed by atoms with Crippen LogP contribution in [0.1, 0.15) is 37.7 Å². The number of hydrogen-bond donors (Lipinski definition) is 0. The summed E-state index contributed by atoms with van der Waals surface area (Å²) in [6.07, 6.45) is 6.53. The van der Waals surface area contributed by atoms with Gasteiger partial charge in [-0.25, -0.2) is 0 Å². The van der Waals surface area contributed by atoms with Crippen LogP contribution in [0.5, 0.6) is 5.75 Å². The molecule has 4 aliphatic carbocycles. The fourth-order valence-corrected chi connectivity index (χ4v) is 6.39. The average Bonchev–Trinajstić information content (AvgIpc) is 2.62. The second-order valence-electron chi connectivity index (χ2n) is 8.56. The van der Waals surface area contributed by atoms with Crippen molar-refractivity contribution in [2.45, 2.75) is 32.1 Å². The van der Waals surface area contributed by atoms with E-state index in [4.69, 9.17) is 4.74 Å². The molecule has 4 fully saturated rings. The van der Waals surface area contributed by atoms with Crippen LogP contribution < -0.4 is 73.4 Å². The molecule has 8 heteroatoms. The maximum atomic E-state index is 10.9. The molecule has 5 nitrogen and oxygen atoms in total. The minimum atomic E-state index is -5.07. The summed E-state index contributed by atoms with van der Waals surface area (Å²) in [7, 11) is -3.33. The van der Waals surface area contributed by atoms with Crippen LogP contribution in [-0.4, -0.2) is 7.11 Å². The fraction of sp³-hybridized carbons (Fsp3) is 0.455. The Balaban J connectivity index is 0.00000128. The molecule has 0 heterocycles. The van der Waals surface area contributed by atoms with Crippen LogP contribution in [-0.2, 0) is 9.30 Å². The Morgan fingerprint density at radius 1 is 0.900 bits per heavy atom. The zero-order chi connectivity index (χ0) is 19.5. The first kappa shape index (κ1) is 24.8. The van der Waals surface area contributed by atoms with Gasteiger partial charge in [0.2, 0.25) is 0 Å². The molecular weight excluding hydrogens is 421 g/mol. The predicted octanol–water partition coefficient (Wildman–Crippen LogP) is -2.13. The molecule has 6 rings (SSSR count). The zero-order valence-electron chi connectivity index (χ0n) is 17.8. The SMILES string of the molecule is COC(=C1C2CC3CC(C2)CC1C3)c1ccc2ccc(OP(=O)([O-])[O-])cc2c1.[Na+].[Na+]. The minimum absolute atomic E-state index is 0. The molecule has 0 spiro atoms. The number of fused-ring (bicyclic) bond motifs is 1. The Morgan fingerprint density at radius 3 is 2.07 bits per heavy atom. The van der Waals surface area contributed by atoms with E-state index in [1.165, 1.54) is 43.7 Å². The molecule has 4 bridgehead atoms. The molecular formula is C22H23Na2O5P.